The van der Waals surface area contributed by atoms with Gasteiger partial charge in [0, 0.05) is 47.0 Å². The topological polar surface area (TPSA) is 119 Å². The molecule has 0 bridgehead atoms. The van der Waals surface area contributed by atoms with Crippen LogP contribution in [-0.4, -0.2) is 53.9 Å². The Labute approximate surface area is 224 Å². The van der Waals surface area contributed by atoms with Gasteiger partial charge in [-0.05, 0) is 62.6 Å². The van der Waals surface area contributed by atoms with Gasteiger partial charge in [0.15, 0.2) is 0 Å². The summed E-state index contributed by atoms with van der Waals surface area (Å²) in [5.74, 6) is -0.493. The number of rotatable bonds is 8. The number of pyridine rings is 2. The van der Waals surface area contributed by atoms with Gasteiger partial charge in [0.2, 0.25) is 0 Å². The SMILES string of the molecule is CN(C)CCNC(=O)c1cccc2c1c(=O)[nH]c1nccc(Nc3ccc(NC(=O)c4ccccc4)cc3)c12. The Morgan fingerprint density at radius 1 is 0.846 bits per heavy atom. The maximum Gasteiger partial charge on any atom is 0.258 e. The van der Waals surface area contributed by atoms with Gasteiger partial charge in [-0.2, -0.15) is 0 Å². The number of carbonyl (C=O) groups excluding carboxylic acids is 2. The Bertz CT molecular complexity index is 1710. The molecule has 0 spiro atoms. The number of hydrogen-bond acceptors (Lipinski definition) is 6. The molecule has 196 valence electrons. The van der Waals surface area contributed by atoms with Crippen LogP contribution in [0.3, 0.4) is 0 Å². The van der Waals surface area contributed by atoms with Crippen molar-refractivity contribution in [2.45, 2.75) is 0 Å². The molecule has 2 amide bonds. The number of hydrogen-bond donors (Lipinski definition) is 4. The number of aromatic nitrogens is 2. The molecule has 0 saturated heterocycles. The molecule has 0 aliphatic rings. The van der Waals surface area contributed by atoms with E-state index in [0.29, 0.717) is 57.4 Å². The standard InChI is InChI=1S/C30H28N6O3/c1-36(2)18-17-32-29(38)23-10-6-9-22-25(23)30(39)35-27-26(22)24(15-16-31-27)33-20-11-13-21(14-12-20)34-28(37)19-7-4-3-5-8-19/h3-16H,17-18H2,1-2H3,(H,32,38)(H,34,37)(H2,31,33,35,39). The summed E-state index contributed by atoms with van der Waals surface area (Å²) in [7, 11) is 3.85. The van der Waals surface area contributed by atoms with Crippen molar-refractivity contribution in [2.75, 3.05) is 37.8 Å². The van der Waals surface area contributed by atoms with Crippen LogP contribution in [0, 0.1) is 0 Å². The molecule has 3 aromatic carbocycles. The van der Waals surface area contributed by atoms with Gasteiger partial charge in [-0.25, -0.2) is 4.98 Å². The first kappa shape index (κ1) is 25.6. The average Bonchev–Trinajstić information content (AvgIpc) is 2.94. The minimum Gasteiger partial charge on any atom is -0.355 e. The summed E-state index contributed by atoms with van der Waals surface area (Å²) >= 11 is 0. The molecule has 0 saturated carbocycles. The van der Waals surface area contributed by atoms with Gasteiger partial charge >= 0.3 is 0 Å². The highest BCUT2D eigenvalue weighted by atomic mass is 16.2. The molecule has 2 aromatic heterocycles. The van der Waals surface area contributed by atoms with Crippen LogP contribution in [0.25, 0.3) is 21.8 Å². The molecule has 5 aromatic rings. The predicted molar refractivity (Wildman–Crippen MR) is 155 cm³/mol. The third kappa shape index (κ3) is 5.63. The molecule has 9 nitrogen and oxygen atoms in total. The van der Waals surface area contributed by atoms with E-state index in [1.54, 1.807) is 30.5 Å². The number of carbonyl (C=O) groups is 2. The normalized spacial score (nSPS) is 11.1. The molecule has 0 radical (unpaired) electrons. The Morgan fingerprint density at radius 2 is 1.59 bits per heavy atom. The maximum atomic E-state index is 13.1. The van der Waals surface area contributed by atoms with E-state index in [1.807, 2.05) is 73.6 Å². The summed E-state index contributed by atoms with van der Waals surface area (Å²) < 4.78 is 0. The van der Waals surface area contributed by atoms with Crippen LogP contribution in [0.4, 0.5) is 17.1 Å². The van der Waals surface area contributed by atoms with Crippen molar-refractivity contribution in [3.05, 3.63) is 107 Å². The fraction of sp³-hybridized carbons (Fsp3) is 0.133. The average molecular weight is 521 g/mol. The second kappa shape index (κ2) is 11.2. The highest BCUT2D eigenvalue weighted by Gasteiger charge is 2.17. The molecule has 5 rings (SSSR count). The van der Waals surface area contributed by atoms with Crippen molar-refractivity contribution in [2.24, 2.45) is 0 Å². The summed E-state index contributed by atoms with van der Waals surface area (Å²) in [5.41, 5.74) is 3.07. The van der Waals surface area contributed by atoms with Crippen LogP contribution in [0.1, 0.15) is 20.7 Å². The molecular weight excluding hydrogens is 492 g/mol. The highest BCUT2D eigenvalue weighted by molar-refractivity contribution is 6.16. The van der Waals surface area contributed by atoms with E-state index in [9.17, 15) is 14.4 Å². The molecule has 0 aliphatic carbocycles. The molecule has 0 fully saturated rings. The summed E-state index contributed by atoms with van der Waals surface area (Å²) in [6.07, 6.45) is 1.61. The van der Waals surface area contributed by atoms with Gasteiger partial charge in [0.1, 0.15) is 5.65 Å². The molecule has 0 unspecified atom stereocenters. The molecule has 39 heavy (non-hydrogen) atoms. The second-order valence-electron chi connectivity index (χ2n) is 9.35. The third-order valence-corrected chi connectivity index (χ3v) is 6.29. The van der Waals surface area contributed by atoms with E-state index in [-0.39, 0.29) is 17.4 Å². The van der Waals surface area contributed by atoms with Crippen LogP contribution in [0.5, 0.6) is 0 Å². The van der Waals surface area contributed by atoms with Crippen molar-refractivity contribution in [3.8, 4) is 0 Å². The monoisotopic (exact) mass is 520 g/mol. The van der Waals surface area contributed by atoms with E-state index in [2.05, 4.69) is 25.9 Å². The number of H-pyrrole nitrogens is 1. The zero-order chi connectivity index (χ0) is 27.4. The number of benzene rings is 3. The minimum absolute atomic E-state index is 0.187. The van der Waals surface area contributed by atoms with Gasteiger partial charge in [0.05, 0.1) is 16.6 Å². The largest absolute Gasteiger partial charge is 0.355 e. The van der Waals surface area contributed by atoms with Crippen molar-refractivity contribution < 1.29 is 9.59 Å². The fourth-order valence-corrected chi connectivity index (χ4v) is 4.37. The summed E-state index contributed by atoms with van der Waals surface area (Å²) in [4.78, 5) is 47.6. The van der Waals surface area contributed by atoms with E-state index in [1.165, 1.54) is 0 Å². The van der Waals surface area contributed by atoms with Gasteiger partial charge in [-0.15, -0.1) is 0 Å². The van der Waals surface area contributed by atoms with Crippen LogP contribution in [0.15, 0.2) is 89.9 Å². The Hall–Kier alpha value is -5.02. The third-order valence-electron chi connectivity index (χ3n) is 6.29. The van der Waals surface area contributed by atoms with Crippen molar-refractivity contribution in [1.29, 1.82) is 0 Å². The zero-order valence-electron chi connectivity index (χ0n) is 21.6. The smallest absolute Gasteiger partial charge is 0.258 e. The first-order valence-corrected chi connectivity index (χ1v) is 12.5. The van der Waals surface area contributed by atoms with Crippen LogP contribution in [-0.2, 0) is 0 Å². The maximum absolute atomic E-state index is 13.1. The van der Waals surface area contributed by atoms with E-state index in [0.717, 1.165) is 5.69 Å². The lowest BCUT2D eigenvalue weighted by molar-refractivity contribution is 0.0951. The fourth-order valence-electron chi connectivity index (χ4n) is 4.37. The van der Waals surface area contributed by atoms with Gasteiger partial charge in [0.25, 0.3) is 17.4 Å². The summed E-state index contributed by atoms with van der Waals surface area (Å²) in [6, 6.07) is 23.4. The van der Waals surface area contributed by atoms with Crippen molar-refractivity contribution in [3.63, 3.8) is 0 Å². The number of fused-ring (bicyclic) bond motifs is 3. The van der Waals surface area contributed by atoms with Gasteiger partial charge in [-0.1, -0.05) is 30.3 Å². The number of nitrogens with one attached hydrogen (secondary N) is 4. The van der Waals surface area contributed by atoms with E-state index < -0.39 is 0 Å². The molecule has 0 atom stereocenters. The number of amides is 2. The first-order chi connectivity index (χ1) is 18.9. The number of anilines is 3. The molecule has 4 N–H and O–H groups in total. The van der Waals surface area contributed by atoms with E-state index in [4.69, 9.17) is 0 Å². The van der Waals surface area contributed by atoms with Crippen LogP contribution in [0.2, 0.25) is 0 Å². The molecule has 0 aliphatic heterocycles. The van der Waals surface area contributed by atoms with Crippen molar-refractivity contribution >= 4 is 50.7 Å². The quantitative estimate of drug-likeness (QED) is 0.226. The summed E-state index contributed by atoms with van der Waals surface area (Å²) in [5, 5.41) is 10.8. The lowest BCUT2D eigenvalue weighted by Crippen LogP contribution is -2.32. The zero-order valence-corrected chi connectivity index (χ0v) is 21.6. The first-order valence-electron chi connectivity index (χ1n) is 12.5. The highest BCUT2D eigenvalue weighted by Crippen LogP contribution is 2.31. The molecule has 2 heterocycles. The molecule has 9 heteroatoms. The Morgan fingerprint density at radius 3 is 2.33 bits per heavy atom. The predicted octanol–water partition coefficient (Wildman–Crippen LogP) is 4.36. The lowest BCUT2D eigenvalue weighted by Gasteiger charge is -2.14. The Balaban J connectivity index is 1.45. The number of nitrogens with zero attached hydrogens (tertiary/aromatic N) is 2. The van der Waals surface area contributed by atoms with Crippen LogP contribution >= 0.6 is 0 Å². The van der Waals surface area contributed by atoms with Crippen molar-refractivity contribution in [1.82, 2.24) is 20.2 Å². The molecular formula is C30H28N6O3. The Kier molecular flexibility index (Phi) is 7.33. The summed E-state index contributed by atoms with van der Waals surface area (Å²) in [6.45, 7) is 1.15. The van der Waals surface area contributed by atoms with E-state index >= 15 is 0 Å². The number of likely N-dealkylation sites (N-methyl/N-ethyl adjacent to an activating group) is 1. The lowest BCUT2D eigenvalue weighted by atomic mass is 10.0. The van der Waals surface area contributed by atoms with Gasteiger partial charge < -0.3 is 25.8 Å². The van der Waals surface area contributed by atoms with Crippen LogP contribution < -0.4 is 21.5 Å². The second-order valence-corrected chi connectivity index (χ2v) is 9.35. The van der Waals surface area contributed by atoms with Gasteiger partial charge in [-0.3, -0.25) is 14.4 Å². The minimum atomic E-state index is -0.376. The number of aromatic amines is 1.